The number of hydrogen-bond acceptors (Lipinski definition) is 4. The molecular formula is C40H23N3S2. The van der Waals surface area contributed by atoms with Gasteiger partial charge >= 0.3 is 0 Å². The zero-order valence-electron chi connectivity index (χ0n) is 23.9. The van der Waals surface area contributed by atoms with Crippen LogP contribution in [0.15, 0.2) is 140 Å². The molecule has 5 heteroatoms. The number of aromatic nitrogens is 3. The second kappa shape index (κ2) is 9.57. The highest BCUT2D eigenvalue weighted by molar-refractivity contribution is 7.26. The SMILES string of the molecule is c1cc(-c2nc(-c3ccc4c(c3)sc3ccccc34)c3sc4ccccc4c3n2)cc(-n2c3ccccc3c3ccccc32)c1. The van der Waals surface area contributed by atoms with Crippen molar-refractivity contribution in [2.45, 2.75) is 0 Å². The molecule has 0 N–H and O–H groups in total. The third-order valence-electron chi connectivity index (χ3n) is 8.81. The smallest absolute Gasteiger partial charge is 0.160 e. The first kappa shape index (κ1) is 25.0. The Bertz CT molecular complexity index is 2730. The molecule has 0 aliphatic heterocycles. The predicted octanol–water partition coefficient (Wildman–Crippen LogP) is 11.6. The second-order valence-corrected chi connectivity index (χ2v) is 13.5. The fourth-order valence-corrected chi connectivity index (χ4v) is 9.07. The van der Waals surface area contributed by atoms with Crippen LogP contribution in [0, 0.1) is 0 Å². The van der Waals surface area contributed by atoms with Crippen LogP contribution in [-0.4, -0.2) is 14.5 Å². The molecule has 0 unspecified atom stereocenters. The first-order valence-corrected chi connectivity index (χ1v) is 16.6. The van der Waals surface area contributed by atoms with Gasteiger partial charge in [0, 0.05) is 57.8 Å². The molecule has 3 nitrogen and oxygen atoms in total. The lowest BCUT2D eigenvalue weighted by atomic mass is 10.1. The van der Waals surface area contributed by atoms with Gasteiger partial charge in [-0.15, -0.1) is 22.7 Å². The number of thiophene rings is 2. The lowest BCUT2D eigenvalue weighted by Crippen LogP contribution is -1.97. The van der Waals surface area contributed by atoms with Gasteiger partial charge in [-0.1, -0.05) is 97.1 Å². The maximum atomic E-state index is 5.34. The minimum atomic E-state index is 0.736. The summed E-state index contributed by atoms with van der Waals surface area (Å²) in [7, 11) is 0. The van der Waals surface area contributed by atoms with E-state index < -0.39 is 0 Å². The highest BCUT2D eigenvalue weighted by Crippen LogP contribution is 2.42. The number of benzene rings is 6. The fourth-order valence-electron chi connectivity index (χ4n) is 6.77. The van der Waals surface area contributed by atoms with Crippen molar-refractivity contribution in [1.82, 2.24) is 14.5 Å². The molecule has 0 radical (unpaired) electrons. The zero-order valence-corrected chi connectivity index (χ0v) is 25.6. The Balaban J connectivity index is 1.22. The van der Waals surface area contributed by atoms with Gasteiger partial charge in [0.15, 0.2) is 5.82 Å². The van der Waals surface area contributed by atoms with Crippen molar-refractivity contribution in [3.05, 3.63) is 140 Å². The normalized spacial score (nSPS) is 12.0. The predicted molar refractivity (Wildman–Crippen MR) is 193 cm³/mol. The molecule has 0 aliphatic carbocycles. The van der Waals surface area contributed by atoms with E-state index in [0.29, 0.717) is 0 Å². The molecular weight excluding hydrogens is 587 g/mol. The Morgan fingerprint density at radius 3 is 1.87 bits per heavy atom. The van der Waals surface area contributed by atoms with Crippen molar-refractivity contribution >= 4 is 85.0 Å². The van der Waals surface area contributed by atoms with Gasteiger partial charge in [-0.3, -0.25) is 0 Å². The van der Waals surface area contributed by atoms with Gasteiger partial charge in [-0.2, -0.15) is 0 Å². The highest BCUT2D eigenvalue weighted by atomic mass is 32.1. The highest BCUT2D eigenvalue weighted by Gasteiger charge is 2.18. The summed E-state index contributed by atoms with van der Waals surface area (Å²) in [6.07, 6.45) is 0. The van der Waals surface area contributed by atoms with Crippen LogP contribution in [-0.2, 0) is 0 Å². The van der Waals surface area contributed by atoms with Crippen molar-refractivity contribution in [2.75, 3.05) is 0 Å². The van der Waals surface area contributed by atoms with E-state index in [1.54, 1.807) is 11.3 Å². The van der Waals surface area contributed by atoms with E-state index in [1.807, 2.05) is 11.3 Å². The third kappa shape index (κ3) is 3.75. The van der Waals surface area contributed by atoms with Crippen LogP contribution < -0.4 is 0 Å². The molecule has 4 aromatic heterocycles. The first-order valence-electron chi connectivity index (χ1n) is 15.0. The van der Waals surface area contributed by atoms with Crippen LogP contribution >= 0.6 is 22.7 Å². The Morgan fingerprint density at radius 1 is 0.444 bits per heavy atom. The summed E-state index contributed by atoms with van der Waals surface area (Å²) in [5.41, 5.74) is 7.58. The monoisotopic (exact) mass is 609 g/mol. The fraction of sp³-hybridized carbons (Fsp3) is 0. The molecule has 6 aromatic carbocycles. The summed E-state index contributed by atoms with van der Waals surface area (Å²) in [5.74, 6) is 0.736. The van der Waals surface area contributed by atoms with E-state index in [9.17, 15) is 0 Å². The minimum Gasteiger partial charge on any atom is -0.309 e. The Morgan fingerprint density at radius 2 is 1.09 bits per heavy atom. The summed E-state index contributed by atoms with van der Waals surface area (Å²) < 4.78 is 7.28. The molecule has 0 fully saturated rings. The van der Waals surface area contributed by atoms with Gasteiger partial charge in [0.2, 0.25) is 0 Å². The van der Waals surface area contributed by atoms with Gasteiger partial charge in [0.25, 0.3) is 0 Å². The molecule has 0 aliphatic rings. The van der Waals surface area contributed by atoms with Crippen LogP contribution in [0.25, 0.3) is 90.6 Å². The second-order valence-electron chi connectivity index (χ2n) is 11.4. The molecule has 0 spiro atoms. The average Bonchev–Trinajstić information content (AvgIpc) is 3.77. The summed E-state index contributed by atoms with van der Waals surface area (Å²) in [6.45, 7) is 0. The molecule has 0 saturated heterocycles. The molecule has 10 rings (SSSR count). The van der Waals surface area contributed by atoms with Gasteiger partial charge in [-0.05, 0) is 42.5 Å². The van der Waals surface area contributed by atoms with Crippen molar-refractivity contribution < 1.29 is 0 Å². The van der Waals surface area contributed by atoms with E-state index in [-0.39, 0.29) is 0 Å². The summed E-state index contributed by atoms with van der Waals surface area (Å²) in [4.78, 5) is 10.6. The number of hydrogen-bond donors (Lipinski definition) is 0. The zero-order chi connectivity index (χ0) is 29.5. The van der Waals surface area contributed by atoms with E-state index in [0.717, 1.165) is 38.5 Å². The lowest BCUT2D eigenvalue weighted by molar-refractivity contribution is 1.17. The number of para-hydroxylation sites is 2. The summed E-state index contributed by atoms with van der Waals surface area (Å²) >= 11 is 3.62. The van der Waals surface area contributed by atoms with Crippen molar-refractivity contribution in [1.29, 1.82) is 0 Å². The van der Waals surface area contributed by atoms with E-state index in [1.165, 1.54) is 52.1 Å². The van der Waals surface area contributed by atoms with Gasteiger partial charge in [0.1, 0.15) is 0 Å². The molecule has 45 heavy (non-hydrogen) atoms. The van der Waals surface area contributed by atoms with Crippen molar-refractivity contribution in [3.63, 3.8) is 0 Å². The number of nitrogens with zero attached hydrogens (tertiary/aromatic N) is 3. The Hall–Kier alpha value is -5.36. The van der Waals surface area contributed by atoms with Gasteiger partial charge in [0.05, 0.1) is 26.9 Å². The largest absolute Gasteiger partial charge is 0.309 e. The minimum absolute atomic E-state index is 0.736. The first-order chi connectivity index (χ1) is 22.3. The van der Waals surface area contributed by atoms with Crippen LogP contribution in [0.4, 0.5) is 0 Å². The molecule has 4 heterocycles. The van der Waals surface area contributed by atoms with Crippen LogP contribution in [0.1, 0.15) is 0 Å². The molecule has 210 valence electrons. The van der Waals surface area contributed by atoms with Crippen molar-refractivity contribution in [2.24, 2.45) is 0 Å². The number of fused-ring (bicyclic) bond motifs is 9. The average molecular weight is 610 g/mol. The standard InChI is InChI=1S/C40H23N3S2/c1-5-16-32-27(12-1)28-13-2-6-17-33(28)43(32)26-11-9-10-25(22-26)40-41-37(39-38(42-40)31-15-4-8-19-35(31)45-39)24-20-21-30-29-14-3-7-18-34(29)44-36(30)23-24/h1-23H. The third-order valence-corrected chi connectivity index (χ3v) is 11.1. The van der Waals surface area contributed by atoms with E-state index in [4.69, 9.17) is 9.97 Å². The summed E-state index contributed by atoms with van der Waals surface area (Å²) in [5, 5.41) is 6.27. The van der Waals surface area contributed by atoms with Gasteiger partial charge in [-0.25, -0.2) is 9.97 Å². The Kier molecular flexibility index (Phi) is 5.32. The quantitative estimate of drug-likeness (QED) is 0.199. The van der Waals surface area contributed by atoms with E-state index >= 15 is 0 Å². The maximum absolute atomic E-state index is 5.34. The van der Waals surface area contributed by atoms with Crippen LogP contribution in [0.2, 0.25) is 0 Å². The molecule has 10 aromatic rings. The number of rotatable bonds is 3. The summed E-state index contributed by atoms with van der Waals surface area (Å²) in [6, 6.07) is 49.9. The maximum Gasteiger partial charge on any atom is 0.160 e. The molecule has 0 amide bonds. The molecule has 0 atom stereocenters. The van der Waals surface area contributed by atoms with E-state index in [2.05, 4.69) is 144 Å². The molecule has 0 saturated carbocycles. The Labute approximate surface area is 266 Å². The lowest BCUT2D eigenvalue weighted by Gasteiger charge is -2.11. The molecule has 0 bridgehead atoms. The van der Waals surface area contributed by atoms with Crippen LogP contribution in [0.5, 0.6) is 0 Å². The van der Waals surface area contributed by atoms with Crippen LogP contribution in [0.3, 0.4) is 0 Å². The van der Waals surface area contributed by atoms with Gasteiger partial charge < -0.3 is 4.57 Å². The van der Waals surface area contributed by atoms with Crippen molar-refractivity contribution in [3.8, 4) is 28.3 Å². The topological polar surface area (TPSA) is 30.7 Å².